The molecule has 0 spiro atoms. The van der Waals surface area contributed by atoms with E-state index < -0.39 is 5.97 Å². The molecule has 144 valence electrons. The maximum absolute atomic E-state index is 12.5. The molecule has 0 unspecified atom stereocenters. The van der Waals surface area contributed by atoms with Gasteiger partial charge in [-0.3, -0.25) is 4.79 Å². The molecule has 0 aliphatic carbocycles. The molecule has 0 amide bonds. The molecule has 0 saturated carbocycles. The lowest BCUT2D eigenvalue weighted by atomic mass is 10.1. The standard InChI is InChI=1S/C22H22N2O4/c1-16-13-24(15-23(16)14-20(25)18-6-4-3-5-7-18)19-10-8-17(9-11-22(26)27)12-21(19)28-2/h3-13H,14-15H2,1-2H3,(H,26,27). The van der Waals surface area contributed by atoms with Crippen molar-refractivity contribution in [3.05, 3.63) is 77.6 Å². The monoisotopic (exact) mass is 378 g/mol. The zero-order valence-electron chi connectivity index (χ0n) is 15.8. The van der Waals surface area contributed by atoms with Gasteiger partial charge in [0, 0.05) is 23.5 Å². The van der Waals surface area contributed by atoms with Crippen LogP contribution in [0.15, 0.2) is 66.5 Å². The quantitative estimate of drug-likeness (QED) is 0.586. The Hall–Kier alpha value is -3.54. The molecule has 0 fully saturated rings. The van der Waals surface area contributed by atoms with Gasteiger partial charge < -0.3 is 19.6 Å². The summed E-state index contributed by atoms with van der Waals surface area (Å²) in [6.07, 6.45) is 4.58. The van der Waals surface area contributed by atoms with E-state index in [0.29, 0.717) is 24.5 Å². The minimum absolute atomic E-state index is 0.0660. The van der Waals surface area contributed by atoms with Crippen LogP contribution in [0.1, 0.15) is 22.8 Å². The van der Waals surface area contributed by atoms with E-state index in [0.717, 1.165) is 23.0 Å². The Kier molecular flexibility index (Phi) is 5.79. The summed E-state index contributed by atoms with van der Waals surface area (Å²) >= 11 is 0. The van der Waals surface area contributed by atoms with E-state index in [9.17, 15) is 9.59 Å². The molecule has 0 saturated heterocycles. The van der Waals surface area contributed by atoms with Gasteiger partial charge in [-0.05, 0) is 30.7 Å². The maximum Gasteiger partial charge on any atom is 0.328 e. The van der Waals surface area contributed by atoms with Crippen molar-refractivity contribution in [3.63, 3.8) is 0 Å². The molecule has 0 radical (unpaired) electrons. The third-order valence-corrected chi connectivity index (χ3v) is 4.53. The number of hydrogen-bond acceptors (Lipinski definition) is 5. The first-order valence-electron chi connectivity index (χ1n) is 8.85. The lowest BCUT2D eigenvalue weighted by molar-refractivity contribution is -0.131. The number of aliphatic carboxylic acids is 1. The topological polar surface area (TPSA) is 70.1 Å². The molecule has 1 heterocycles. The predicted octanol–water partition coefficient (Wildman–Crippen LogP) is 3.62. The maximum atomic E-state index is 12.5. The average molecular weight is 378 g/mol. The number of rotatable bonds is 7. The Morgan fingerprint density at radius 1 is 1.18 bits per heavy atom. The number of allylic oxidation sites excluding steroid dienone is 1. The van der Waals surface area contributed by atoms with Gasteiger partial charge >= 0.3 is 5.97 Å². The molecule has 0 bridgehead atoms. The van der Waals surface area contributed by atoms with E-state index in [4.69, 9.17) is 9.84 Å². The summed E-state index contributed by atoms with van der Waals surface area (Å²) in [4.78, 5) is 27.2. The second kappa shape index (κ2) is 8.43. The number of nitrogens with zero attached hydrogens (tertiary/aromatic N) is 2. The van der Waals surface area contributed by atoms with Crippen molar-refractivity contribution >= 4 is 23.5 Å². The first-order chi connectivity index (χ1) is 13.5. The van der Waals surface area contributed by atoms with Crippen LogP contribution in [0.3, 0.4) is 0 Å². The van der Waals surface area contributed by atoms with Crippen LogP contribution in [0, 0.1) is 0 Å². The van der Waals surface area contributed by atoms with Crippen LogP contribution in [-0.4, -0.2) is 42.1 Å². The summed E-state index contributed by atoms with van der Waals surface area (Å²) in [7, 11) is 1.58. The number of benzene rings is 2. The van der Waals surface area contributed by atoms with Gasteiger partial charge in [0.05, 0.1) is 26.0 Å². The molecule has 6 heteroatoms. The van der Waals surface area contributed by atoms with Gasteiger partial charge in [0.25, 0.3) is 0 Å². The Balaban J connectivity index is 1.75. The van der Waals surface area contributed by atoms with Crippen molar-refractivity contribution in [2.24, 2.45) is 0 Å². The Morgan fingerprint density at radius 2 is 1.93 bits per heavy atom. The van der Waals surface area contributed by atoms with Gasteiger partial charge in [-0.25, -0.2) is 4.79 Å². The molecule has 1 N–H and O–H groups in total. The number of anilines is 1. The predicted molar refractivity (Wildman–Crippen MR) is 108 cm³/mol. The smallest absolute Gasteiger partial charge is 0.328 e. The van der Waals surface area contributed by atoms with Gasteiger partial charge in [-0.1, -0.05) is 36.4 Å². The van der Waals surface area contributed by atoms with Crippen LogP contribution in [0.5, 0.6) is 5.75 Å². The zero-order valence-corrected chi connectivity index (χ0v) is 15.8. The molecule has 0 atom stereocenters. The van der Waals surface area contributed by atoms with Crippen LogP contribution in [0.4, 0.5) is 5.69 Å². The molecule has 2 aromatic carbocycles. The second-order valence-corrected chi connectivity index (χ2v) is 6.47. The van der Waals surface area contributed by atoms with Crippen LogP contribution < -0.4 is 9.64 Å². The van der Waals surface area contributed by atoms with Gasteiger partial charge in [-0.2, -0.15) is 0 Å². The highest BCUT2D eigenvalue weighted by Gasteiger charge is 2.23. The van der Waals surface area contributed by atoms with Crippen molar-refractivity contribution in [2.75, 3.05) is 25.2 Å². The highest BCUT2D eigenvalue weighted by molar-refractivity contribution is 5.97. The van der Waals surface area contributed by atoms with Crippen LogP contribution in [-0.2, 0) is 4.79 Å². The van der Waals surface area contributed by atoms with Crippen molar-refractivity contribution < 1.29 is 19.4 Å². The van der Waals surface area contributed by atoms with Crippen molar-refractivity contribution in [3.8, 4) is 5.75 Å². The van der Waals surface area contributed by atoms with Crippen LogP contribution in [0.25, 0.3) is 6.08 Å². The van der Waals surface area contributed by atoms with Gasteiger partial charge in [0.15, 0.2) is 5.78 Å². The second-order valence-electron chi connectivity index (χ2n) is 6.47. The molecule has 3 rings (SSSR count). The summed E-state index contributed by atoms with van der Waals surface area (Å²) in [6.45, 7) is 2.80. The van der Waals surface area contributed by atoms with Gasteiger partial charge in [0.2, 0.25) is 0 Å². The van der Waals surface area contributed by atoms with E-state index in [1.807, 2.05) is 65.4 Å². The minimum atomic E-state index is -1.00. The first-order valence-corrected chi connectivity index (χ1v) is 8.85. The number of carboxylic acids is 1. The van der Waals surface area contributed by atoms with Gasteiger partial charge in [-0.15, -0.1) is 0 Å². The number of methoxy groups -OCH3 is 1. The fourth-order valence-electron chi connectivity index (χ4n) is 3.06. The lowest BCUT2D eigenvalue weighted by Crippen LogP contribution is -2.31. The first kappa shape index (κ1) is 19.2. The molecular formula is C22H22N2O4. The minimum Gasteiger partial charge on any atom is -0.495 e. The summed E-state index contributed by atoms with van der Waals surface area (Å²) in [5.74, 6) is -0.302. The summed E-state index contributed by atoms with van der Waals surface area (Å²) in [5.41, 5.74) is 3.27. The van der Waals surface area contributed by atoms with Crippen LogP contribution in [0.2, 0.25) is 0 Å². The number of Topliss-reactive ketones (excluding diaryl/α,β-unsaturated/α-hetero) is 1. The highest BCUT2D eigenvalue weighted by atomic mass is 16.5. The number of ether oxygens (including phenoxy) is 1. The molecular weight excluding hydrogens is 356 g/mol. The van der Waals surface area contributed by atoms with E-state index >= 15 is 0 Å². The summed E-state index contributed by atoms with van der Waals surface area (Å²) in [6, 6.07) is 14.7. The van der Waals surface area contributed by atoms with Crippen LogP contribution >= 0.6 is 0 Å². The van der Waals surface area contributed by atoms with E-state index in [1.165, 1.54) is 6.08 Å². The number of hydrogen-bond donors (Lipinski definition) is 1. The number of carboxylic acid groups (broad SMARTS) is 1. The molecule has 6 nitrogen and oxygen atoms in total. The SMILES string of the molecule is COc1cc(C=CC(=O)O)ccc1N1C=C(C)N(CC(=O)c2ccccc2)C1. The largest absolute Gasteiger partial charge is 0.495 e. The number of ketones is 1. The third-order valence-electron chi connectivity index (χ3n) is 4.53. The Labute approximate surface area is 164 Å². The average Bonchev–Trinajstić information content (AvgIpc) is 3.06. The van der Waals surface area contributed by atoms with Gasteiger partial charge in [0.1, 0.15) is 5.75 Å². The fraction of sp³-hybridized carbons (Fsp3) is 0.182. The zero-order chi connectivity index (χ0) is 20.1. The third kappa shape index (κ3) is 4.40. The van der Waals surface area contributed by atoms with E-state index in [2.05, 4.69) is 0 Å². The molecule has 2 aromatic rings. The van der Waals surface area contributed by atoms with Crippen molar-refractivity contribution in [1.82, 2.24) is 4.90 Å². The number of carbonyl (C=O) groups is 2. The van der Waals surface area contributed by atoms with E-state index in [1.54, 1.807) is 13.2 Å². The summed E-state index contributed by atoms with van der Waals surface area (Å²) in [5, 5.41) is 8.77. The lowest BCUT2D eigenvalue weighted by Gasteiger charge is -2.23. The van der Waals surface area contributed by atoms with Crippen molar-refractivity contribution in [1.29, 1.82) is 0 Å². The number of carbonyl (C=O) groups excluding carboxylic acids is 1. The highest BCUT2D eigenvalue weighted by Crippen LogP contribution is 2.33. The molecule has 1 aliphatic heterocycles. The van der Waals surface area contributed by atoms with E-state index in [-0.39, 0.29) is 5.78 Å². The molecule has 28 heavy (non-hydrogen) atoms. The normalized spacial score (nSPS) is 13.7. The fourth-order valence-corrected chi connectivity index (χ4v) is 3.06. The molecule has 1 aliphatic rings. The Morgan fingerprint density at radius 3 is 2.61 bits per heavy atom. The van der Waals surface area contributed by atoms with Crippen molar-refractivity contribution in [2.45, 2.75) is 6.92 Å². The Bertz CT molecular complexity index is 935. The molecule has 0 aromatic heterocycles. The summed E-state index contributed by atoms with van der Waals surface area (Å²) < 4.78 is 5.49.